The van der Waals surface area contributed by atoms with Gasteiger partial charge in [0.25, 0.3) is 5.91 Å². The van der Waals surface area contributed by atoms with Gasteiger partial charge in [0, 0.05) is 18.0 Å². The number of benzene rings is 2. The van der Waals surface area contributed by atoms with Gasteiger partial charge in [-0.3, -0.25) is 9.59 Å². The van der Waals surface area contributed by atoms with Gasteiger partial charge in [0.1, 0.15) is 18.2 Å². The Kier molecular flexibility index (Phi) is 4.32. The van der Waals surface area contributed by atoms with Gasteiger partial charge in [-0.15, -0.1) is 0 Å². The maximum atomic E-state index is 13.4. The van der Waals surface area contributed by atoms with Crippen LogP contribution < -0.4 is 10.1 Å². The van der Waals surface area contributed by atoms with Gasteiger partial charge in [-0.2, -0.15) is 0 Å². The van der Waals surface area contributed by atoms with Gasteiger partial charge in [-0.05, 0) is 48.9 Å². The predicted molar refractivity (Wildman–Crippen MR) is 107 cm³/mol. The molecule has 8 heteroatoms. The van der Waals surface area contributed by atoms with Crippen molar-refractivity contribution >= 4 is 34.3 Å². The summed E-state index contributed by atoms with van der Waals surface area (Å²) in [6.45, 7) is -0.118. The number of hydrogen-bond acceptors (Lipinski definition) is 5. The van der Waals surface area contributed by atoms with Crippen LogP contribution in [-0.4, -0.2) is 29.0 Å². The maximum Gasteiger partial charge on any atom is 0.274 e. The molecule has 3 aliphatic carbocycles. The second-order valence-corrected chi connectivity index (χ2v) is 8.78. The van der Waals surface area contributed by atoms with Gasteiger partial charge >= 0.3 is 0 Å². The monoisotopic (exact) mass is 428 g/mol. The third kappa shape index (κ3) is 3.23. The third-order valence-electron chi connectivity index (χ3n) is 5.97. The molecular weight excluding hydrogens is 411 g/mol. The van der Waals surface area contributed by atoms with Crippen LogP contribution in [0.25, 0.3) is 11.0 Å². The highest BCUT2D eigenvalue weighted by Crippen LogP contribution is 2.69. The highest BCUT2D eigenvalue weighted by Gasteiger charge is 2.68. The van der Waals surface area contributed by atoms with Crippen molar-refractivity contribution in [3.63, 3.8) is 0 Å². The van der Waals surface area contributed by atoms with Crippen molar-refractivity contribution < 1.29 is 23.2 Å². The number of rotatable bonds is 7. The van der Waals surface area contributed by atoms with E-state index in [9.17, 15) is 14.0 Å². The highest BCUT2D eigenvalue weighted by atomic mass is 35.5. The molecule has 0 saturated heterocycles. The zero-order valence-electron chi connectivity index (χ0n) is 15.9. The van der Waals surface area contributed by atoms with E-state index in [1.807, 2.05) is 12.1 Å². The Morgan fingerprint density at radius 2 is 1.97 bits per heavy atom. The maximum absolute atomic E-state index is 13.4. The number of carbonyl (C=O) groups is 2. The molecule has 1 aromatic heterocycles. The van der Waals surface area contributed by atoms with E-state index in [0.717, 1.165) is 25.3 Å². The van der Waals surface area contributed by atoms with Crippen LogP contribution in [0, 0.1) is 11.2 Å². The summed E-state index contributed by atoms with van der Waals surface area (Å²) in [5.74, 6) is -0.620. The van der Waals surface area contributed by atoms with E-state index in [1.165, 1.54) is 12.1 Å². The average Bonchev–Trinajstić information content (AvgIpc) is 3.10. The number of aromatic nitrogens is 1. The Hall–Kier alpha value is -2.93. The van der Waals surface area contributed by atoms with E-state index < -0.39 is 5.82 Å². The second-order valence-electron chi connectivity index (χ2n) is 8.37. The molecule has 0 radical (unpaired) electrons. The second kappa shape index (κ2) is 6.80. The number of carbonyl (C=O) groups excluding carboxylic acids is 2. The summed E-state index contributed by atoms with van der Waals surface area (Å²) in [7, 11) is 0. The number of fused-ring (bicyclic) bond motifs is 1. The van der Waals surface area contributed by atoms with Gasteiger partial charge < -0.3 is 14.6 Å². The fourth-order valence-electron chi connectivity index (χ4n) is 4.87. The lowest BCUT2D eigenvalue weighted by Crippen LogP contribution is -2.75. The number of Topliss-reactive ketones (excluding diaryl/α,β-unsaturated/α-hetero) is 1. The smallest absolute Gasteiger partial charge is 0.274 e. The number of nitrogens with one attached hydrogen (secondary N) is 1. The molecule has 30 heavy (non-hydrogen) atoms. The SMILES string of the molecule is O=C(COc1ccc(Cl)c(F)c1)CC12CC(NC(=O)c3noc4ccccc34)(C1)C2. The van der Waals surface area contributed by atoms with Crippen LogP contribution in [-0.2, 0) is 4.79 Å². The van der Waals surface area contributed by atoms with E-state index >= 15 is 0 Å². The van der Waals surface area contributed by atoms with Crippen LogP contribution in [0.1, 0.15) is 36.2 Å². The van der Waals surface area contributed by atoms with Crippen LogP contribution in [0.5, 0.6) is 5.75 Å². The first-order chi connectivity index (χ1) is 14.4. The predicted octanol–water partition coefficient (Wildman–Crippen LogP) is 4.31. The van der Waals surface area contributed by atoms with Crippen LogP contribution in [0.15, 0.2) is 47.0 Å². The zero-order valence-corrected chi connectivity index (χ0v) is 16.7. The molecule has 0 atom stereocenters. The molecule has 0 spiro atoms. The Morgan fingerprint density at radius 3 is 2.73 bits per heavy atom. The number of ketones is 1. The van der Waals surface area contributed by atoms with Crippen molar-refractivity contribution in [1.82, 2.24) is 10.5 Å². The normalized spacial score (nSPS) is 24.1. The van der Waals surface area contributed by atoms with Crippen molar-refractivity contribution in [1.29, 1.82) is 0 Å². The van der Waals surface area contributed by atoms with E-state index in [1.54, 1.807) is 12.1 Å². The summed E-state index contributed by atoms with van der Waals surface area (Å²) in [5.41, 5.74) is 0.509. The number of nitrogens with zero attached hydrogens (tertiary/aromatic N) is 1. The molecule has 1 amide bonds. The number of halogens is 2. The summed E-state index contributed by atoms with van der Waals surface area (Å²) in [6, 6.07) is 11.3. The first kappa shape index (κ1) is 19.1. The van der Waals surface area contributed by atoms with E-state index in [0.29, 0.717) is 17.4 Å². The third-order valence-corrected chi connectivity index (χ3v) is 6.28. The van der Waals surface area contributed by atoms with Crippen LogP contribution in [0.2, 0.25) is 5.02 Å². The van der Waals surface area contributed by atoms with Crippen LogP contribution in [0.4, 0.5) is 4.39 Å². The summed E-state index contributed by atoms with van der Waals surface area (Å²) in [5, 5.41) is 7.65. The number of amides is 1. The molecular formula is C22H18ClFN2O4. The standard InChI is InChI=1S/C22H18ClFN2O4/c23-16-6-5-14(7-17(16)24)29-9-13(27)8-21-10-22(11-21,12-21)25-20(28)19-15-3-1-2-4-18(15)30-26-19/h1-7H,8-12H2,(H,25,28). The first-order valence-corrected chi connectivity index (χ1v) is 10.0. The van der Waals surface area contributed by atoms with Gasteiger partial charge in [-0.25, -0.2) is 4.39 Å². The minimum Gasteiger partial charge on any atom is -0.486 e. The molecule has 3 aromatic rings. The molecule has 6 rings (SSSR count). The Balaban J connectivity index is 1.13. The Labute approximate surface area is 176 Å². The molecule has 1 heterocycles. The number of hydrogen-bond donors (Lipinski definition) is 1. The van der Waals surface area contributed by atoms with Crippen molar-refractivity contribution in [2.45, 2.75) is 31.2 Å². The lowest BCUT2D eigenvalue weighted by Gasteiger charge is -2.70. The van der Waals surface area contributed by atoms with Gasteiger partial charge in [0.15, 0.2) is 17.1 Å². The summed E-state index contributed by atoms with van der Waals surface area (Å²) < 4.78 is 24.0. The minimum absolute atomic E-state index is 0.00788. The van der Waals surface area contributed by atoms with E-state index in [-0.39, 0.29) is 45.7 Å². The summed E-state index contributed by atoms with van der Waals surface area (Å²) in [6.07, 6.45) is 2.64. The summed E-state index contributed by atoms with van der Waals surface area (Å²) in [4.78, 5) is 24.9. The molecule has 1 N–H and O–H groups in total. The molecule has 2 bridgehead atoms. The molecule has 6 nitrogen and oxygen atoms in total. The number of ether oxygens (including phenoxy) is 1. The van der Waals surface area contributed by atoms with Gasteiger partial charge in [-0.1, -0.05) is 28.9 Å². The summed E-state index contributed by atoms with van der Waals surface area (Å²) >= 11 is 5.64. The van der Waals surface area contributed by atoms with Gasteiger partial charge in [0.2, 0.25) is 0 Å². The minimum atomic E-state index is -0.585. The lowest BCUT2D eigenvalue weighted by atomic mass is 9.38. The number of para-hydroxylation sites is 1. The first-order valence-electron chi connectivity index (χ1n) is 9.64. The zero-order chi connectivity index (χ0) is 20.9. The molecule has 2 aromatic carbocycles. The highest BCUT2D eigenvalue weighted by molar-refractivity contribution is 6.30. The molecule has 3 aliphatic rings. The lowest BCUT2D eigenvalue weighted by molar-refractivity contribution is -0.162. The Bertz CT molecular complexity index is 1160. The fraction of sp³-hybridized carbons (Fsp3) is 0.318. The van der Waals surface area contributed by atoms with Crippen LogP contribution in [0.3, 0.4) is 0 Å². The Morgan fingerprint density at radius 1 is 1.20 bits per heavy atom. The van der Waals surface area contributed by atoms with Crippen LogP contribution >= 0.6 is 11.6 Å². The van der Waals surface area contributed by atoms with Crippen molar-refractivity contribution in [2.75, 3.05) is 6.61 Å². The van der Waals surface area contributed by atoms with Crippen molar-refractivity contribution in [3.8, 4) is 5.75 Å². The van der Waals surface area contributed by atoms with Gasteiger partial charge in [0.05, 0.1) is 10.4 Å². The largest absolute Gasteiger partial charge is 0.486 e. The molecule has 154 valence electrons. The quantitative estimate of drug-likeness (QED) is 0.606. The topological polar surface area (TPSA) is 81.4 Å². The molecule has 3 fully saturated rings. The van der Waals surface area contributed by atoms with E-state index in [2.05, 4.69) is 10.5 Å². The molecule has 0 unspecified atom stereocenters. The van der Waals surface area contributed by atoms with E-state index in [4.69, 9.17) is 20.9 Å². The molecule has 0 aliphatic heterocycles. The van der Waals surface area contributed by atoms with Crippen molar-refractivity contribution in [3.05, 3.63) is 59.0 Å². The average molecular weight is 429 g/mol. The fourth-order valence-corrected chi connectivity index (χ4v) is 4.99. The molecule has 3 saturated carbocycles. The van der Waals surface area contributed by atoms with Crippen molar-refractivity contribution in [2.24, 2.45) is 5.41 Å².